The number of rotatable bonds is 2. The van der Waals surface area contributed by atoms with Crippen molar-refractivity contribution in [3.05, 3.63) is 76.6 Å². The van der Waals surface area contributed by atoms with Gasteiger partial charge in [0.05, 0.1) is 0 Å². The van der Waals surface area contributed by atoms with Gasteiger partial charge in [0, 0.05) is 43.8 Å². The Kier molecular flexibility index (Phi) is 3.15. The second kappa shape index (κ2) is 5.31. The molecule has 0 atom stereocenters. The molecule has 0 bridgehead atoms. The van der Waals surface area contributed by atoms with Crippen molar-refractivity contribution in [2.45, 2.75) is 5.92 Å². The molecule has 3 aromatic rings. The number of amides is 1. The summed E-state index contributed by atoms with van der Waals surface area (Å²) in [5.41, 5.74) is 1.49. The maximum atomic E-state index is 12.5. The number of aromatic nitrogens is 3. The third-order valence-electron chi connectivity index (χ3n) is 4.19. The highest BCUT2D eigenvalue weighted by atomic mass is 16.2. The lowest BCUT2D eigenvalue weighted by molar-refractivity contribution is 0.0600. The fourth-order valence-electron chi connectivity index (χ4n) is 2.83. The van der Waals surface area contributed by atoms with Crippen LogP contribution < -0.4 is 5.56 Å². The third-order valence-corrected chi connectivity index (χ3v) is 4.19. The summed E-state index contributed by atoms with van der Waals surface area (Å²) >= 11 is 0. The SMILES string of the molecule is O=C(c1cnc2ccccn2c1=O)N1CC(c2ccncc2)C1. The maximum Gasteiger partial charge on any atom is 0.270 e. The summed E-state index contributed by atoms with van der Waals surface area (Å²) in [7, 11) is 0. The normalized spacial score (nSPS) is 14.7. The van der Waals surface area contributed by atoms with E-state index in [0.717, 1.165) is 5.56 Å². The number of likely N-dealkylation sites (tertiary alicyclic amines) is 1. The molecule has 0 N–H and O–H groups in total. The Hall–Kier alpha value is -3.02. The molecule has 0 saturated carbocycles. The summed E-state index contributed by atoms with van der Waals surface area (Å²) < 4.78 is 1.40. The first-order valence-electron chi connectivity index (χ1n) is 7.39. The molecule has 4 heterocycles. The van der Waals surface area contributed by atoms with E-state index in [9.17, 15) is 9.59 Å². The van der Waals surface area contributed by atoms with Crippen LogP contribution in [0.1, 0.15) is 21.8 Å². The van der Waals surface area contributed by atoms with Crippen molar-refractivity contribution in [3.8, 4) is 0 Å². The van der Waals surface area contributed by atoms with Gasteiger partial charge in [-0.2, -0.15) is 0 Å². The predicted octanol–water partition coefficient (Wildman–Crippen LogP) is 1.33. The minimum absolute atomic E-state index is 0.113. The summed E-state index contributed by atoms with van der Waals surface area (Å²) in [6.07, 6.45) is 6.50. The minimum atomic E-state index is -0.326. The van der Waals surface area contributed by atoms with E-state index < -0.39 is 0 Å². The zero-order chi connectivity index (χ0) is 15.8. The van der Waals surface area contributed by atoms with Crippen LogP contribution in [-0.4, -0.2) is 38.3 Å². The molecule has 0 aliphatic carbocycles. The van der Waals surface area contributed by atoms with Gasteiger partial charge in [0.1, 0.15) is 11.2 Å². The number of carbonyl (C=O) groups excluding carboxylic acids is 1. The summed E-state index contributed by atoms with van der Waals surface area (Å²) in [6, 6.07) is 9.20. The number of carbonyl (C=O) groups is 1. The van der Waals surface area contributed by atoms with Gasteiger partial charge in [-0.05, 0) is 29.8 Å². The van der Waals surface area contributed by atoms with Crippen molar-refractivity contribution in [2.24, 2.45) is 0 Å². The van der Waals surface area contributed by atoms with E-state index in [1.54, 1.807) is 41.7 Å². The average molecular weight is 306 g/mol. The van der Waals surface area contributed by atoms with Crippen LogP contribution in [0.5, 0.6) is 0 Å². The summed E-state index contributed by atoms with van der Waals surface area (Å²) in [4.78, 5) is 34.8. The zero-order valence-electron chi connectivity index (χ0n) is 12.3. The first kappa shape index (κ1) is 13.6. The average Bonchev–Trinajstić information content (AvgIpc) is 2.55. The molecule has 3 aromatic heterocycles. The molecular formula is C17H14N4O2. The molecule has 1 amide bonds. The Morgan fingerprint density at radius 3 is 2.70 bits per heavy atom. The van der Waals surface area contributed by atoms with Crippen LogP contribution >= 0.6 is 0 Å². The van der Waals surface area contributed by atoms with Crippen LogP contribution in [0.3, 0.4) is 0 Å². The van der Waals surface area contributed by atoms with Gasteiger partial charge in [-0.25, -0.2) is 4.98 Å². The van der Waals surface area contributed by atoms with Gasteiger partial charge in [0.25, 0.3) is 11.5 Å². The lowest BCUT2D eigenvalue weighted by atomic mass is 9.92. The number of hydrogen-bond acceptors (Lipinski definition) is 4. The number of pyridine rings is 2. The smallest absolute Gasteiger partial charge is 0.270 e. The van der Waals surface area contributed by atoms with Crippen molar-refractivity contribution in [2.75, 3.05) is 13.1 Å². The quantitative estimate of drug-likeness (QED) is 0.716. The number of nitrogens with zero attached hydrogens (tertiary/aromatic N) is 4. The van der Waals surface area contributed by atoms with Gasteiger partial charge in [-0.1, -0.05) is 6.07 Å². The fourth-order valence-corrected chi connectivity index (χ4v) is 2.83. The van der Waals surface area contributed by atoms with Gasteiger partial charge in [0.2, 0.25) is 0 Å². The first-order chi connectivity index (χ1) is 11.2. The Bertz CT molecular complexity index is 930. The van der Waals surface area contributed by atoms with Crippen LogP contribution in [0.15, 0.2) is 59.9 Å². The van der Waals surface area contributed by atoms with E-state index in [-0.39, 0.29) is 17.0 Å². The van der Waals surface area contributed by atoms with Crippen molar-refractivity contribution in [1.82, 2.24) is 19.3 Å². The van der Waals surface area contributed by atoms with Gasteiger partial charge in [-0.15, -0.1) is 0 Å². The molecule has 1 fully saturated rings. The van der Waals surface area contributed by atoms with Gasteiger partial charge in [0.15, 0.2) is 0 Å². The van der Waals surface area contributed by atoms with Gasteiger partial charge >= 0.3 is 0 Å². The fraction of sp³-hybridized carbons (Fsp3) is 0.176. The summed E-state index contributed by atoms with van der Waals surface area (Å²) in [5, 5.41) is 0. The lowest BCUT2D eigenvalue weighted by Gasteiger charge is -2.39. The van der Waals surface area contributed by atoms with Crippen LogP contribution in [0.4, 0.5) is 0 Å². The molecule has 0 spiro atoms. The Balaban J connectivity index is 1.57. The molecule has 1 aliphatic rings. The zero-order valence-corrected chi connectivity index (χ0v) is 12.3. The van der Waals surface area contributed by atoms with E-state index >= 15 is 0 Å². The van der Waals surface area contributed by atoms with Crippen molar-refractivity contribution in [1.29, 1.82) is 0 Å². The second-order valence-electron chi connectivity index (χ2n) is 5.59. The van der Waals surface area contributed by atoms with Crippen molar-refractivity contribution < 1.29 is 4.79 Å². The van der Waals surface area contributed by atoms with E-state index in [2.05, 4.69) is 9.97 Å². The highest BCUT2D eigenvalue weighted by Gasteiger charge is 2.33. The predicted molar refractivity (Wildman–Crippen MR) is 84.3 cm³/mol. The van der Waals surface area contributed by atoms with E-state index in [1.807, 2.05) is 12.1 Å². The Morgan fingerprint density at radius 1 is 1.13 bits per heavy atom. The molecule has 114 valence electrons. The molecule has 0 unspecified atom stereocenters. The topological polar surface area (TPSA) is 67.6 Å². The first-order valence-corrected chi connectivity index (χ1v) is 7.39. The van der Waals surface area contributed by atoms with Crippen LogP contribution in [0.25, 0.3) is 5.65 Å². The Morgan fingerprint density at radius 2 is 1.91 bits per heavy atom. The van der Waals surface area contributed by atoms with E-state index in [1.165, 1.54) is 10.6 Å². The molecule has 23 heavy (non-hydrogen) atoms. The molecule has 4 rings (SSSR count). The molecule has 0 aromatic carbocycles. The van der Waals surface area contributed by atoms with Crippen molar-refractivity contribution in [3.63, 3.8) is 0 Å². The molecule has 1 aliphatic heterocycles. The van der Waals surface area contributed by atoms with Crippen LogP contribution in [0.2, 0.25) is 0 Å². The van der Waals surface area contributed by atoms with E-state index in [4.69, 9.17) is 0 Å². The lowest BCUT2D eigenvalue weighted by Crippen LogP contribution is -2.49. The van der Waals surface area contributed by atoms with Crippen molar-refractivity contribution >= 4 is 11.6 Å². The van der Waals surface area contributed by atoms with Crippen LogP contribution in [0, 0.1) is 0 Å². The molecule has 6 heteroatoms. The highest BCUT2D eigenvalue weighted by molar-refractivity contribution is 5.94. The number of fused-ring (bicyclic) bond motifs is 1. The van der Waals surface area contributed by atoms with Crippen LogP contribution in [-0.2, 0) is 0 Å². The molecular weight excluding hydrogens is 292 g/mol. The maximum absolute atomic E-state index is 12.5. The van der Waals surface area contributed by atoms with Gasteiger partial charge in [-0.3, -0.25) is 19.0 Å². The van der Waals surface area contributed by atoms with Gasteiger partial charge < -0.3 is 4.90 Å². The summed E-state index contributed by atoms with van der Waals surface area (Å²) in [5.74, 6) is 0.0455. The summed E-state index contributed by atoms with van der Waals surface area (Å²) in [6.45, 7) is 1.22. The molecule has 0 radical (unpaired) electrons. The number of hydrogen-bond donors (Lipinski definition) is 0. The van der Waals surface area contributed by atoms with E-state index in [0.29, 0.717) is 24.7 Å². The third kappa shape index (κ3) is 2.28. The largest absolute Gasteiger partial charge is 0.337 e. The second-order valence-corrected chi connectivity index (χ2v) is 5.59. The standard InChI is InChI=1S/C17H14N4O2/c22-16(20-10-13(11-20)12-4-6-18-7-5-12)14-9-19-15-3-1-2-8-21(15)17(14)23/h1-9,13H,10-11H2. The monoisotopic (exact) mass is 306 g/mol. The minimum Gasteiger partial charge on any atom is -0.337 e. The molecule has 1 saturated heterocycles. The highest BCUT2D eigenvalue weighted by Crippen LogP contribution is 2.27. The molecule has 6 nitrogen and oxygen atoms in total. The Labute approximate surface area is 132 Å².